The molecule has 0 unspecified atom stereocenters. The fourth-order valence-corrected chi connectivity index (χ4v) is 14.9. The molecule has 0 saturated heterocycles. The highest BCUT2D eigenvalue weighted by Gasteiger charge is 2.32. The molecule has 0 N–H and O–H groups in total. The molecule has 0 aromatic heterocycles. The first kappa shape index (κ1) is 51.8. The van der Waals surface area contributed by atoms with Gasteiger partial charge in [0.1, 0.15) is 180 Å². The van der Waals surface area contributed by atoms with Gasteiger partial charge in [-0.05, 0) is 115 Å². The number of fused-ring (bicyclic) bond motifs is 9. The Morgan fingerprint density at radius 1 is 0.173 bits per heavy atom. The lowest BCUT2D eigenvalue weighted by Gasteiger charge is -2.33. The van der Waals surface area contributed by atoms with Crippen LogP contribution in [0.15, 0.2) is 54.6 Å². The molecule has 75 heavy (non-hydrogen) atoms. The normalized spacial score (nSPS) is 11.9. The Morgan fingerprint density at radius 2 is 0.427 bits per heavy atom. The largest absolute Gasteiger partial charge is 0.140 e. The van der Waals surface area contributed by atoms with Gasteiger partial charge < -0.3 is 0 Å². The van der Waals surface area contributed by atoms with E-state index in [9.17, 15) is 0 Å². The summed E-state index contributed by atoms with van der Waals surface area (Å²) < 4.78 is 0. The van der Waals surface area contributed by atoms with E-state index in [0.717, 1.165) is 0 Å². The second kappa shape index (κ2) is 17.9. The average molecular weight is 929 g/mol. The molecule has 0 nitrogen and oxygen atoms in total. The van der Waals surface area contributed by atoms with Crippen LogP contribution in [0.5, 0.6) is 0 Å². The number of benzene rings is 11. The van der Waals surface area contributed by atoms with Gasteiger partial charge in [-0.15, -0.1) is 54.6 Å². The van der Waals surface area contributed by atoms with Gasteiger partial charge in [-0.2, -0.15) is 0 Å². The van der Waals surface area contributed by atoms with Gasteiger partial charge in [0.2, 0.25) is 0 Å². The maximum atomic E-state index is 2.52. The highest BCUT2D eigenvalue weighted by atomic mass is 14.3. The van der Waals surface area contributed by atoms with E-state index >= 15 is 0 Å². The molecular formula is C52H55B23. The van der Waals surface area contributed by atoms with Crippen molar-refractivity contribution in [2.45, 2.75) is 0 Å². The molecule has 11 aromatic rings. The summed E-state index contributed by atoms with van der Waals surface area (Å²) in [6.07, 6.45) is 0. The summed E-state index contributed by atoms with van der Waals surface area (Å²) in [6, 6.07) is 20.7. The fraction of sp³-hybridized carbons (Fsp3) is 0. The summed E-state index contributed by atoms with van der Waals surface area (Å²) in [5.74, 6) is 0. The van der Waals surface area contributed by atoms with Gasteiger partial charge in [0.05, 0.1) is 0 Å². The van der Waals surface area contributed by atoms with Crippen molar-refractivity contribution in [1.82, 2.24) is 0 Å². The molecule has 23 heteroatoms. The molecule has 0 spiro atoms. The molecule has 11 aromatic carbocycles. The van der Waals surface area contributed by atoms with Gasteiger partial charge in [0.25, 0.3) is 0 Å². The minimum Gasteiger partial charge on any atom is -0.101 e. The van der Waals surface area contributed by atoms with Crippen molar-refractivity contribution >= 4 is 382 Å². The van der Waals surface area contributed by atoms with Crippen LogP contribution < -0.4 is 126 Å². The standard InChI is InChI=1S/C52H55B23/c53-30-22(25-27(40(63)50(73)48(71)38(25)61)28-29(30)42(65)52(75)51(74)41(28)64)24-26-23(37(60)47(70)49(72)39(26)62)21(31(54)32(24)55)16-19-17(33(56)43(66)45(68)35(19)58)15(18-20(16)36(59)46(69)44(67)34(18)57)14-9-10-5-1-2-6-11(10)12-7-3-4-8-13(12)14/h1-9H,53-75H2. The number of hydrogen-bond acceptors (Lipinski definition) is 0. The Balaban J connectivity index is 1.47. The first-order chi connectivity index (χ1) is 35.4. The molecule has 332 valence electrons. The Morgan fingerprint density at radius 3 is 0.827 bits per heavy atom. The highest BCUT2D eigenvalue weighted by Crippen LogP contribution is 2.45. The smallest absolute Gasteiger partial charge is 0.101 e. The van der Waals surface area contributed by atoms with Crippen molar-refractivity contribution in [2.75, 3.05) is 0 Å². The van der Waals surface area contributed by atoms with E-state index in [2.05, 4.69) is 235 Å². The summed E-state index contributed by atoms with van der Waals surface area (Å²) in [7, 11) is 55.3. The second-order valence-corrected chi connectivity index (χ2v) is 23.7. The van der Waals surface area contributed by atoms with Crippen LogP contribution in [0.1, 0.15) is 0 Å². The Bertz CT molecular complexity index is 4480. The Labute approximate surface area is 466 Å². The zero-order chi connectivity index (χ0) is 54.2. The lowest BCUT2D eigenvalue weighted by Crippen LogP contribution is -2.52. The predicted molar refractivity (Wildman–Crippen MR) is 413 cm³/mol. The first-order valence-electron chi connectivity index (χ1n) is 27.7. The van der Waals surface area contributed by atoms with Crippen LogP contribution in [0.2, 0.25) is 0 Å². The zero-order valence-electron chi connectivity index (χ0n) is 49.7. The molecule has 0 amide bonds. The third kappa shape index (κ3) is 6.76. The van der Waals surface area contributed by atoms with Crippen molar-refractivity contribution < 1.29 is 0 Å². The third-order valence-electron chi connectivity index (χ3n) is 21.0. The van der Waals surface area contributed by atoms with Crippen LogP contribution in [-0.4, -0.2) is 180 Å². The molecule has 11 rings (SSSR count). The maximum absolute atomic E-state index is 2.52. The molecular weight excluding hydrogens is 873 g/mol. The molecule has 0 saturated carbocycles. The molecule has 0 bridgehead atoms. The van der Waals surface area contributed by atoms with Crippen LogP contribution in [0.3, 0.4) is 0 Å². The van der Waals surface area contributed by atoms with Crippen molar-refractivity contribution in [3.05, 3.63) is 54.6 Å². The molecule has 0 aliphatic heterocycles. The molecule has 0 aliphatic rings. The minimum atomic E-state index is 1.28. The highest BCUT2D eigenvalue weighted by molar-refractivity contribution is 6.77. The molecule has 0 radical (unpaired) electrons. The number of hydrogen-bond donors (Lipinski definition) is 0. The summed E-state index contributed by atoms with van der Waals surface area (Å²) in [5, 5.41) is 19.3. The van der Waals surface area contributed by atoms with Crippen LogP contribution in [0, 0.1) is 0 Å². The fourth-order valence-electron chi connectivity index (χ4n) is 14.9. The van der Waals surface area contributed by atoms with Gasteiger partial charge in [-0.25, -0.2) is 0 Å². The lowest BCUT2D eigenvalue weighted by atomic mass is 9.55. The van der Waals surface area contributed by atoms with E-state index in [-0.39, 0.29) is 0 Å². The Kier molecular flexibility index (Phi) is 12.4. The molecule has 0 fully saturated rings. The minimum absolute atomic E-state index is 1.28. The first-order valence-corrected chi connectivity index (χ1v) is 27.7. The van der Waals surface area contributed by atoms with Gasteiger partial charge in [0, 0.05) is 0 Å². The quantitative estimate of drug-likeness (QED) is 0.0941. The van der Waals surface area contributed by atoms with Gasteiger partial charge in [0.15, 0.2) is 0 Å². The second-order valence-electron chi connectivity index (χ2n) is 23.7. The van der Waals surface area contributed by atoms with E-state index < -0.39 is 0 Å². The van der Waals surface area contributed by atoms with E-state index in [1.54, 1.807) is 0 Å². The number of rotatable bonds is 3. The van der Waals surface area contributed by atoms with Crippen LogP contribution in [-0.2, 0) is 0 Å². The average Bonchev–Trinajstić information content (AvgIpc) is 3.41. The van der Waals surface area contributed by atoms with Crippen LogP contribution >= 0.6 is 0 Å². The van der Waals surface area contributed by atoms with E-state index in [1.807, 2.05) is 0 Å². The summed E-state index contributed by atoms with van der Waals surface area (Å²) in [4.78, 5) is 0. The van der Waals surface area contributed by atoms with Gasteiger partial charge in [-0.1, -0.05) is 120 Å². The monoisotopic (exact) mass is 933 g/mol. The molecule has 0 heterocycles. The maximum Gasteiger partial charge on any atom is 0.140 e. The summed E-state index contributed by atoms with van der Waals surface area (Å²) >= 11 is 0. The van der Waals surface area contributed by atoms with Crippen LogP contribution in [0.25, 0.3) is 109 Å². The summed E-state index contributed by atoms with van der Waals surface area (Å²) in [6.45, 7) is 0. The van der Waals surface area contributed by atoms with E-state index in [1.165, 1.54) is 234 Å². The molecule has 0 aliphatic carbocycles. The van der Waals surface area contributed by atoms with E-state index in [4.69, 9.17) is 0 Å². The van der Waals surface area contributed by atoms with E-state index in [0.29, 0.717) is 0 Å². The van der Waals surface area contributed by atoms with Crippen molar-refractivity contribution in [3.63, 3.8) is 0 Å². The lowest BCUT2D eigenvalue weighted by molar-refractivity contribution is 1.75. The zero-order valence-corrected chi connectivity index (χ0v) is 49.7. The van der Waals surface area contributed by atoms with Crippen LogP contribution in [0.4, 0.5) is 0 Å². The van der Waals surface area contributed by atoms with Gasteiger partial charge in [-0.3, -0.25) is 0 Å². The van der Waals surface area contributed by atoms with Crippen molar-refractivity contribution in [2.24, 2.45) is 0 Å². The Hall–Kier alpha value is -5.27. The van der Waals surface area contributed by atoms with Crippen molar-refractivity contribution in [1.29, 1.82) is 0 Å². The van der Waals surface area contributed by atoms with Gasteiger partial charge >= 0.3 is 0 Å². The predicted octanol–water partition coefficient (Wildman–Crippen LogP) is -25.3. The topological polar surface area (TPSA) is 0 Å². The third-order valence-corrected chi connectivity index (χ3v) is 21.0. The SMILES string of the molecule is Bc1c(B)c(B)c2c(-c3c(B)c4c(B)c(B)c(B)c(B)c4c4c(B)c(B)c(B)c(B)c34)c(B)c(B)c(-c3c4c(B)c(B)c(B)c(B)c4c(-c4cc5ccccc5c5ccccc45)c4c(B)c(B)c(B)c(B)c34)c2c1B. The molecule has 0 atom stereocenters. The van der Waals surface area contributed by atoms with Crippen molar-refractivity contribution in [3.8, 4) is 33.4 Å². The summed E-state index contributed by atoms with van der Waals surface area (Å²) in [5.41, 5.74) is 40.3.